The summed E-state index contributed by atoms with van der Waals surface area (Å²) < 4.78 is 62.4. The van der Waals surface area contributed by atoms with Crippen molar-refractivity contribution in [2.24, 2.45) is 0 Å². The Morgan fingerprint density at radius 2 is 1.68 bits per heavy atom. The highest BCUT2D eigenvalue weighted by Crippen LogP contribution is 2.32. The SMILES string of the molecule is C1CC1.Cc1ncncc1C(=O)NCc1cn2ncc(CNC(=O)CCC(F)(F)F)cc2n1.FC1(F)CCCCC1. The van der Waals surface area contributed by atoms with Crippen molar-refractivity contribution >= 4 is 17.5 Å². The van der Waals surface area contributed by atoms with Gasteiger partial charge in [0, 0.05) is 32.0 Å². The highest BCUT2D eigenvalue weighted by atomic mass is 19.4. The van der Waals surface area contributed by atoms with Crippen LogP contribution >= 0.6 is 0 Å². The molecule has 5 rings (SSSR count). The van der Waals surface area contributed by atoms with E-state index in [0.29, 0.717) is 41.0 Å². The molecule has 2 saturated carbocycles. The van der Waals surface area contributed by atoms with Gasteiger partial charge in [-0.3, -0.25) is 9.59 Å². The quantitative estimate of drug-likeness (QED) is 0.357. The Hall–Kier alpha value is -3.71. The number of halogens is 5. The molecule has 0 radical (unpaired) electrons. The molecule has 9 nitrogen and oxygen atoms in total. The topological polar surface area (TPSA) is 114 Å². The second-order valence-corrected chi connectivity index (χ2v) is 9.97. The van der Waals surface area contributed by atoms with Gasteiger partial charge in [-0.15, -0.1) is 0 Å². The number of aromatic nitrogens is 5. The Bertz CT molecular complexity index is 1280. The van der Waals surface area contributed by atoms with Crippen LogP contribution in [0.15, 0.2) is 31.0 Å². The molecule has 0 atom stereocenters. The van der Waals surface area contributed by atoms with E-state index in [2.05, 4.69) is 30.7 Å². The van der Waals surface area contributed by atoms with Crippen molar-refractivity contribution < 1.29 is 31.5 Å². The molecular weight excluding hydrogens is 549 g/mol. The third-order valence-electron chi connectivity index (χ3n) is 6.08. The van der Waals surface area contributed by atoms with E-state index in [1.165, 1.54) is 42.5 Å². The lowest BCUT2D eigenvalue weighted by atomic mass is 9.97. The van der Waals surface area contributed by atoms with E-state index in [1.54, 1.807) is 19.2 Å². The van der Waals surface area contributed by atoms with Gasteiger partial charge in [-0.05, 0) is 31.4 Å². The number of nitrogens with one attached hydrogen (secondary N) is 2. The minimum atomic E-state index is -4.37. The lowest BCUT2D eigenvalue weighted by molar-refractivity contribution is -0.144. The lowest BCUT2D eigenvalue weighted by Gasteiger charge is -2.20. The van der Waals surface area contributed by atoms with Crippen LogP contribution in [0.5, 0.6) is 0 Å². The molecule has 224 valence electrons. The summed E-state index contributed by atoms with van der Waals surface area (Å²) in [6.45, 7) is 1.89. The molecule has 2 amide bonds. The van der Waals surface area contributed by atoms with Gasteiger partial charge in [-0.2, -0.15) is 18.3 Å². The van der Waals surface area contributed by atoms with Gasteiger partial charge < -0.3 is 10.6 Å². The Kier molecular flexibility index (Phi) is 11.5. The van der Waals surface area contributed by atoms with Gasteiger partial charge in [0.05, 0.1) is 42.3 Å². The molecule has 3 aromatic rings. The first-order valence-electron chi connectivity index (χ1n) is 13.5. The first-order valence-corrected chi connectivity index (χ1v) is 13.5. The van der Waals surface area contributed by atoms with Crippen molar-refractivity contribution in [3.05, 3.63) is 53.5 Å². The standard InChI is InChI=1S/C18H18F3N7O2.C6H10F2.C3H6/c1-11-14(8-22-10-25-11)17(30)24-7-13-9-28-15(27-13)4-12(6-26-28)5-23-16(29)2-3-18(19,20)21;7-6(8)4-2-1-3-5-6;1-2-3-1/h4,6,8-10H,2-3,5,7H2,1H3,(H,23,29)(H,24,30);1-5H2;1-3H2. The van der Waals surface area contributed by atoms with E-state index in [1.807, 2.05) is 0 Å². The van der Waals surface area contributed by atoms with Crippen molar-refractivity contribution in [2.45, 2.75) is 96.3 Å². The van der Waals surface area contributed by atoms with E-state index >= 15 is 0 Å². The number of aryl methyl sites for hydroxylation is 1. The monoisotopic (exact) mass is 583 g/mol. The summed E-state index contributed by atoms with van der Waals surface area (Å²) >= 11 is 0. The number of carbonyl (C=O) groups is 2. The molecule has 3 heterocycles. The molecule has 3 aromatic heterocycles. The van der Waals surface area contributed by atoms with Crippen molar-refractivity contribution in [3.8, 4) is 0 Å². The second kappa shape index (κ2) is 14.8. The molecule has 2 aliphatic rings. The molecule has 2 N–H and O–H groups in total. The minimum Gasteiger partial charge on any atom is -0.352 e. The van der Waals surface area contributed by atoms with Gasteiger partial charge in [-0.1, -0.05) is 25.7 Å². The molecule has 2 fully saturated rings. The molecule has 0 spiro atoms. The fourth-order valence-electron chi connectivity index (χ4n) is 3.64. The summed E-state index contributed by atoms with van der Waals surface area (Å²) in [7, 11) is 0. The lowest BCUT2D eigenvalue weighted by Crippen LogP contribution is -2.24. The van der Waals surface area contributed by atoms with Crippen LogP contribution in [0.3, 0.4) is 0 Å². The van der Waals surface area contributed by atoms with E-state index < -0.39 is 30.8 Å². The summed E-state index contributed by atoms with van der Waals surface area (Å²) in [6.07, 6.45) is 6.90. The molecule has 0 saturated heterocycles. The third kappa shape index (κ3) is 12.1. The first kappa shape index (κ1) is 31.8. The van der Waals surface area contributed by atoms with Crippen LogP contribution in [0.1, 0.15) is 91.5 Å². The second-order valence-electron chi connectivity index (χ2n) is 9.97. The van der Waals surface area contributed by atoms with E-state index in [-0.39, 0.29) is 31.8 Å². The molecule has 0 bridgehead atoms. The Morgan fingerprint density at radius 1 is 1.00 bits per heavy atom. The van der Waals surface area contributed by atoms with Crippen LogP contribution in [0.25, 0.3) is 5.65 Å². The fraction of sp³-hybridized carbons (Fsp3) is 0.556. The van der Waals surface area contributed by atoms with Gasteiger partial charge in [0.15, 0.2) is 5.65 Å². The maximum Gasteiger partial charge on any atom is 0.389 e. The number of imidazole rings is 1. The van der Waals surface area contributed by atoms with Gasteiger partial charge in [0.1, 0.15) is 6.33 Å². The van der Waals surface area contributed by atoms with Gasteiger partial charge in [-0.25, -0.2) is 28.2 Å². The number of amides is 2. The number of carbonyl (C=O) groups excluding carboxylic acids is 2. The van der Waals surface area contributed by atoms with Crippen molar-refractivity contribution in [1.29, 1.82) is 0 Å². The largest absolute Gasteiger partial charge is 0.389 e. The summed E-state index contributed by atoms with van der Waals surface area (Å²) in [5.41, 5.74) is 2.53. The summed E-state index contributed by atoms with van der Waals surface area (Å²) in [5, 5.41) is 9.30. The summed E-state index contributed by atoms with van der Waals surface area (Å²) in [4.78, 5) is 35.9. The molecule has 0 aliphatic heterocycles. The Balaban J connectivity index is 0.000000347. The van der Waals surface area contributed by atoms with Gasteiger partial charge in [0.25, 0.3) is 5.91 Å². The number of fused-ring (bicyclic) bond motifs is 1. The zero-order chi connectivity index (χ0) is 29.9. The third-order valence-corrected chi connectivity index (χ3v) is 6.08. The zero-order valence-corrected chi connectivity index (χ0v) is 22.8. The first-order chi connectivity index (χ1) is 19.4. The van der Waals surface area contributed by atoms with Crippen LogP contribution in [0.2, 0.25) is 0 Å². The normalized spacial score (nSPS) is 15.6. The van der Waals surface area contributed by atoms with Gasteiger partial charge in [0.2, 0.25) is 11.8 Å². The Morgan fingerprint density at radius 3 is 2.27 bits per heavy atom. The average molecular weight is 584 g/mol. The number of rotatable bonds is 7. The number of hydrogen-bond acceptors (Lipinski definition) is 6. The number of alkyl halides is 5. The van der Waals surface area contributed by atoms with Crippen LogP contribution in [-0.2, 0) is 17.9 Å². The van der Waals surface area contributed by atoms with Crippen LogP contribution in [0, 0.1) is 6.92 Å². The zero-order valence-electron chi connectivity index (χ0n) is 22.8. The van der Waals surface area contributed by atoms with Crippen LogP contribution < -0.4 is 10.6 Å². The number of hydrogen-bond donors (Lipinski definition) is 2. The molecule has 2 aliphatic carbocycles. The highest BCUT2D eigenvalue weighted by molar-refractivity contribution is 5.94. The number of nitrogens with zero attached hydrogens (tertiary/aromatic N) is 5. The molecule has 41 heavy (non-hydrogen) atoms. The smallest absolute Gasteiger partial charge is 0.352 e. The van der Waals surface area contributed by atoms with Crippen LogP contribution in [0.4, 0.5) is 22.0 Å². The van der Waals surface area contributed by atoms with Crippen molar-refractivity contribution in [1.82, 2.24) is 35.2 Å². The fourth-order valence-corrected chi connectivity index (χ4v) is 3.64. The summed E-state index contributed by atoms with van der Waals surface area (Å²) in [5.74, 6) is -3.35. The maximum atomic E-state index is 12.2. The van der Waals surface area contributed by atoms with Crippen molar-refractivity contribution in [3.63, 3.8) is 0 Å². The highest BCUT2D eigenvalue weighted by Gasteiger charge is 2.30. The predicted octanol–water partition coefficient (Wildman–Crippen LogP) is 5.47. The maximum absolute atomic E-state index is 12.2. The molecular formula is C27H34F5N7O2. The van der Waals surface area contributed by atoms with Gasteiger partial charge >= 0.3 is 6.18 Å². The van der Waals surface area contributed by atoms with E-state index in [0.717, 1.165) is 6.42 Å². The molecule has 0 unspecified atom stereocenters. The predicted molar refractivity (Wildman–Crippen MR) is 140 cm³/mol. The van der Waals surface area contributed by atoms with E-state index in [9.17, 15) is 31.5 Å². The van der Waals surface area contributed by atoms with E-state index in [4.69, 9.17) is 0 Å². The average Bonchev–Trinajstić information content (AvgIpc) is 3.75. The summed E-state index contributed by atoms with van der Waals surface area (Å²) in [6, 6.07) is 1.65. The molecule has 14 heteroatoms. The Labute approximate surface area is 234 Å². The minimum absolute atomic E-state index is 0.0341. The van der Waals surface area contributed by atoms with Crippen LogP contribution in [-0.4, -0.2) is 48.5 Å². The molecule has 0 aromatic carbocycles. The van der Waals surface area contributed by atoms with Crippen molar-refractivity contribution in [2.75, 3.05) is 0 Å².